The summed E-state index contributed by atoms with van der Waals surface area (Å²) in [4.78, 5) is 14.6. The Morgan fingerprint density at radius 1 is 0.923 bits per heavy atom. The van der Waals surface area contributed by atoms with Crippen LogP contribution >= 0.6 is 0 Å². The van der Waals surface area contributed by atoms with Crippen LogP contribution in [0, 0.1) is 0 Å². The number of carbonyl (C=O) groups is 1. The predicted octanol–water partition coefficient (Wildman–Crippen LogP) is 4.50. The number of H-pyrrole nitrogens is 1. The third-order valence-corrected chi connectivity index (χ3v) is 4.54. The minimum absolute atomic E-state index is 0.0101. The van der Waals surface area contributed by atoms with E-state index in [2.05, 4.69) is 46.6 Å². The van der Waals surface area contributed by atoms with Gasteiger partial charge in [-0.1, -0.05) is 60.7 Å². The second-order valence-corrected chi connectivity index (χ2v) is 6.36. The minimum atomic E-state index is -0.0101. The summed E-state index contributed by atoms with van der Waals surface area (Å²) < 4.78 is 0. The Hall–Kier alpha value is -3.40. The number of hydrogen-bond donors (Lipinski definition) is 1. The molecular weight excluding hydrogens is 322 g/mol. The van der Waals surface area contributed by atoms with Gasteiger partial charge < -0.3 is 4.90 Å². The minimum Gasteiger partial charge on any atom is -0.337 e. The lowest BCUT2D eigenvalue weighted by Crippen LogP contribution is -2.26. The summed E-state index contributed by atoms with van der Waals surface area (Å²) in [5.41, 5.74) is 5.00. The number of carbonyl (C=O) groups excluding carboxylic acids is 1. The number of nitrogens with zero attached hydrogens (tertiary/aromatic N) is 2. The molecule has 0 bridgehead atoms. The summed E-state index contributed by atoms with van der Waals surface area (Å²) >= 11 is 0. The molecule has 4 rings (SSSR count). The zero-order chi connectivity index (χ0) is 17.9. The normalized spacial score (nSPS) is 10.8. The number of rotatable bonds is 4. The molecule has 3 aromatic carbocycles. The number of nitrogens with one attached hydrogen (secondary N) is 1. The van der Waals surface area contributed by atoms with Crippen LogP contribution in [0.5, 0.6) is 0 Å². The van der Waals surface area contributed by atoms with Crippen molar-refractivity contribution in [3.63, 3.8) is 0 Å². The molecule has 1 N–H and O–H groups in total. The summed E-state index contributed by atoms with van der Waals surface area (Å²) in [6.45, 7) is 0.558. The van der Waals surface area contributed by atoms with Crippen molar-refractivity contribution < 1.29 is 4.79 Å². The molecule has 1 amide bonds. The van der Waals surface area contributed by atoms with Crippen molar-refractivity contribution in [1.29, 1.82) is 0 Å². The van der Waals surface area contributed by atoms with Gasteiger partial charge in [-0.2, -0.15) is 5.10 Å². The van der Waals surface area contributed by atoms with Gasteiger partial charge in [0.05, 0.1) is 17.3 Å². The van der Waals surface area contributed by atoms with Crippen LogP contribution < -0.4 is 0 Å². The fourth-order valence-corrected chi connectivity index (χ4v) is 3.14. The second kappa shape index (κ2) is 6.84. The van der Waals surface area contributed by atoms with E-state index in [-0.39, 0.29) is 5.91 Å². The Balaban J connectivity index is 1.52. The molecule has 0 atom stereocenters. The Bertz CT molecular complexity index is 1040. The van der Waals surface area contributed by atoms with Crippen molar-refractivity contribution in [2.75, 3.05) is 7.05 Å². The SMILES string of the molecule is CN(Cc1ccc(-c2ccccc2)cc1)C(=O)c1cccc2[nH]ncc12. The fourth-order valence-electron chi connectivity index (χ4n) is 3.14. The number of hydrogen-bond acceptors (Lipinski definition) is 2. The van der Waals surface area contributed by atoms with E-state index in [0.717, 1.165) is 16.5 Å². The molecule has 0 saturated carbocycles. The first-order valence-electron chi connectivity index (χ1n) is 8.54. The van der Waals surface area contributed by atoms with Crippen LogP contribution in [0.3, 0.4) is 0 Å². The van der Waals surface area contributed by atoms with Crippen LogP contribution in [-0.4, -0.2) is 28.1 Å². The van der Waals surface area contributed by atoms with Gasteiger partial charge in [0.25, 0.3) is 5.91 Å². The lowest BCUT2D eigenvalue weighted by atomic mass is 10.0. The third kappa shape index (κ3) is 3.09. The molecule has 1 heterocycles. The fraction of sp³-hybridized carbons (Fsp3) is 0.0909. The van der Waals surface area contributed by atoms with Gasteiger partial charge in [-0.05, 0) is 28.8 Å². The van der Waals surface area contributed by atoms with Gasteiger partial charge in [-0.3, -0.25) is 9.89 Å². The summed E-state index contributed by atoms with van der Waals surface area (Å²) in [7, 11) is 1.83. The standard InChI is InChI=1S/C22H19N3O/c1-25(22(26)19-8-5-9-21-20(19)14-23-24-21)15-16-10-12-18(13-11-16)17-6-3-2-4-7-17/h2-14H,15H2,1H3,(H,23,24). The van der Waals surface area contributed by atoms with E-state index in [1.54, 1.807) is 11.1 Å². The number of aromatic amines is 1. The molecule has 0 fully saturated rings. The maximum Gasteiger partial charge on any atom is 0.254 e. The van der Waals surface area contributed by atoms with Crippen molar-refractivity contribution in [3.05, 3.63) is 90.1 Å². The van der Waals surface area contributed by atoms with Crippen LogP contribution in [0.1, 0.15) is 15.9 Å². The number of benzene rings is 3. The first-order valence-corrected chi connectivity index (χ1v) is 8.54. The zero-order valence-electron chi connectivity index (χ0n) is 14.5. The van der Waals surface area contributed by atoms with Crippen LogP contribution in [0.4, 0.5) is 0 Å². The molecule has 0 aliphatic rings. The monoisotopic (exact) mass is 341 g/mol. The molecule has 4 aromatic rings. The van der Waals surface area contributed by atoms with E-state index in [0.29, 0.717) is 12.1 Å². The van der Waals surface area contributed by atoms with Crippen LogP contribution in [-0.2, 0) is 6.54 Å². The highest BCUT2D eigenvalue weighted by molar-refractivity contribution is 6.05. The van der Waals surface area contributed by atoms with Gasteiger partial charge in [0.15, 0.2) is 0 Å². The van der Waals surface area contributed by atoms with Crippen molar-refractivity contribution in [2.24, 2.45) is 0 Å². The van der Waals surface area contributed by atoms with Gasteiger partial charge in [0.2, 0.25) is 0 Å². The first-order chi connectivity index (χ1) is 12.7. The van der Waals surface area contributed by atoms with Gasteiger partial charge in [0, 0.05) is 19.0 Å². The van der Waals surface area contributed by atoms with E-state index in [4.69, 9.17) is 0 Å². The lowest BCUT2D eigenvalue weighted by Gasteiger charge is -2.18. The molecule has 0 aliphatic heterocycles. The van der Waals surface area contributed by atoms with Crippen LogP contribution in [0.25, 0.3) is 22.0 Å². The summed E-state index contributed by atoms with van der Waals surface area (Å²) in [6.07, 6.45) is 1.70. The molecule has 0 radical (unpaired) electrons. The first kappa shape index (κ1) is 16.1. The smallest absolute Gasteiger partial charge is 0.254 e. The predicted molar refractivity (Wildman–Crippen MR) is 104 cm³/mol. The average Bonchev–Trinajstić information content (AvgIpc) is 3.17. The topological polar surface area (TPSA) is 49.0 Å². The summed E-state index contributed by atoms with van der Waals surface area (Å²) in [5.74, 6) is -0.0101. The molecule has 128 valence electrons. The molecule has 0 saturated heterocycles. The van der Waals surface area contributed by atoms with E-state index in [1.165, 1.54) is 11.1 Å². The average molecular weight is 341 g/mol. The van der Waals surface area contributed by atoms with Crippen LogP contribution in [0.15, 0.2) is 79.0 Å². The summed E-state index contributed by atoms with van der Waals surface area (Å²) in [6, 6.07) is 24.2. The van der Waals surface area contributed by atoms with E-state index < -0.39 is 0 Å². The highest BCUT2D eigenvalue weighted by Gasteiger charge is 2.15. The van der Waals surface area contributed by atoms with Crippen molar-refractivity contribution in [3.8, 4) is 11.1 Å². The van der Waals surface area contributed by atoms with Crippen molar-refractivity contribution in [2.45, 2.75) is 6.54 Å². The van der Waals surface area contributed by atoms with Crippen LogP contribution in [0.2, 0.25) is 0 Å². The third-order valence-electron chi connectivity index (χ3n) is 4.54. The number of amides is 1. The number of aromatic nitrogens is 2. The highest BCUT2D eigenvalue weighted by Crippen LogP contribution is 2.21. The van der Waals surface area contributed by atoms with E-state index >= 15 is 0 Å². The molecule has 4 heteroatoms. The lowest BCUT2D eigenvalue weighted by molar-refractivity contribution is 0.0787. The van der Waals surface area contributed by atoms with E-state index in [1.807, 2.05) is 43.4 Å². The summed E-state index contributed by atoms with van der Waals surface area (Å²) in [5, 5.41) is 7.79. The Kier molecular flexibility index (Phi) is 4.23. The Morgan fingerprint density at radius 3 is 2.42 bits per heavy atom. The molecule has 26 heavy (non-hydrogen) atoms. The van der Waals surface area contributed by atoms with Gasteiger partial charge >= 0.3 is 0 Å². The maximum atomic E-state index is 12.8. The Morgan fingerprint density at radius 2 is 1.65 bits per heavy atom. The molecule has 1 aromatic heterocycles. The van der Waals surface area contributed by atoms with Crippen molar-refractivity contribution in [1.82, 2.24) is 15.1 Å². The number of fused-ring (bicyclic) bond motifs is 1. The Labute approximate surface area is 152 Å². The largest absolute Gasteiger partial charge is 0.337 e. The maximum absolute atomic E-state index is 12.8. The molecule has 0 aliphatic carbocycles. The van der Waals surface area contributed by atoms with Crippen molar-refractivity contribution >= 4 is 16.8 Å². The van der Waals surface area contributed by atoms with Gasteiger partial charge in [0.1, 0.15) is 0 Å². The second-order valence-electron chi connectivity index (χ2n) is 6.36. The molecule has 0 unspecified atom stereocenters. The molecular formula is C22H19N3O. The quantitative estimate of drug-likeness (QED) is 0.594. The van der Waals surface area contributed by atoms with Gasteiger partial charge in [-0.25, -0.2) is 0 Å². The highest BCUT2D eigenvalue weighted by atomic mass is 16.2. The molecule has 4 nitrogen and oxygen atoms in total. The molecule has 0 spiro atoms. The zero-order valence-corrected chi connectivity index (χ0v) is 14.5. The van der Waals surface area contributed by atoms with Gasteiger partial charge in [-0.15, -0.1) is 0 Å². The van der Waals surface area contributed by atoms with E-state index in [9.17, 15) is 4.79 Å².